The van der Waals surface area contributed by atoms with Crippen LogP contribution in [0.3, 0.4) is 0 Å². The average molecular weight is 253 g/mol. The first-order valence-corrected chi connectivity index (χ1v) is 7.35. The van der Waals surface area contributed by atoms with Crippen LogP contribution in [0.5, 0.6) is 0 Å². The highest BCUT2D eigenvalue weighted by Crippen LogP contribution is 2.17. The minimum Gasteiger partial charge on any atom is -0.340 e. The van der Waals surface area contributed by atoms with Crippen LogP contribution in [0.15, 0.2) is 0 Å². The van der Waals surface area contributed by atoms with Crippen molar-refractivity contribution in [2.75, 3.05) is 39.8 Å². The first-order chi connectivity index (χ1) is 8.66. The van der Waals surface area contributed by atoms with E-state index in [1.54, 1.807) is 0 Å². The quantitative estimate of drug-likeness (QED) is 0.813. The van der Waals surface area contributed by atoms with Crippen molar-refractivity contribution in [1.29, 1.82) is 0 Å². The summed E-state index contributed by atoms with van der Waals surface area (Å²) in [5, 5.41) is 3.42. The van der Waals surface area contributed by atoms with Crippen LogP contribution in [0.2, 0.25) is 0 Å². The molecule has 2 atom stereocenters. The van der Waals surface area contributed by atoms with Gasteiger partial charge in [-0.3, -0.25) is 4.79 Å². The Hall–Kier alpha value is -0.610. The molecule has 2 aliphatic rings. The molecule has 2 fully saturated rings. The third kappa shape index (κ3) is 3.69. The fraction of sp³-hybridized carbons (Fsp3) is 0.929. The van der Waals surface area contributed by atoms with Crippen LogP contribution in [-0.4, -0.2) is 61.5 Å². The van der Waals surface area contributed by atoms with E-state index in [4.69, 9.17) is 0 Å². The Balaban J connectivity index is 1.70. The number of nitrogens with one attached hydrogen (secondary N) is 1. The van der Waals surface area contributed by atoms with Crippen molar-refractivity contribution in [2.45, 2.75) is 38.6 Å². The zero-order valence-corrected chi connectivity index (χ0v) is 11.8. The standard InChI is InChI=1S/C14H27N3O/c1-12-11-17(9-8-16(12)2)14(18)6-5-13-4-3-7-15-10-13/h12-13,15H,3-11H2,1-2H3. The number of likely N-dealkylation sites (N-methyl/N-ethyl adjacent to an activating group) is 1. The molecule has 0 aromatic rings. The zero-order chi connectivity index (χ0) is 13.0. The molecule has 2 heterocycles. The normalized spacial score (nSPS) is 30.4. The lowest BCUT2D eigenvalue weighted by atomic mass is 9.94. The van der Waals surface area contributed by atoms with Crippen molar-refractivity contribution in [3.8, 4) is 0 Å². The molecule has 18 heavy (non-hydrogen) atoms. The van der Waals surface area contributed by atoms with Crippen LogP contribution in [-0.2, 0) is 4.79 Å². The second-order valence-corrected chi connectivity index (χ2v) is 5.92. The van der Waals surface area contributed by atoms with Gasteiger partial charge in [-0.05, 0) is 52.2 Å². The molecular weight excluding hydrogens is 226 g/mol. The van der Waals surface area contributed by atoms with E-state index < -0.39 is 0 Å². The molecule has 104 valence electrons. The second-order valence-electron chi connectivity index (χ2n) is 5.92. The predicted molar refractivity (Wildman–Crippen MR) is 73.5 cm³/mol. The molecule has 0 aromatic heterocycles. The summed E-state index contributed by atoms with van der Waals surface area (Å²) in [6.07, 6.45) is 4.36. The molecule has 1 amide bonds. The molecule has 2 unspecified atom stereocenters. The maximum absolute atomic E-state index is 12.2. The third-order valence-corrected chi connectivity index (χ3v) is 4.48. The smallest absolute Gasteiger partial charge is 0.222 e. The SMILES string of the molecule is CC1CN(C(=O)CCC2CCCNC2)CCN1C. The number of nitrogens with zero attached hydrogens (tertiary/aromatic N) is 2. The Morgan fingerprint density at radius 2 is 2.22 bits per heavy atom. The highest BCUT2D eigenvalue weighted by Gasteiger charge is 2.24. The van der Waals surface area contributed by atoms with Crippen molar-refractivity contribution in [3.05, 3.63) is 0 Å². The van der Waals surface area contributed by atoms with Gasteiger partial charge in [-0.1, -0.05) is 0 Å². The van der Waals surface area contributed by atoms with Crippen LogP contribution in [0.25, 0.3) is 0 Å². The maximum atomic E-state index is 12.2. The topological polar surface area (TPSA) is 35.6 Å². The lowest BCUT2D eigenvalue weighted by Gasteiger charge is -2.38. The summed E-state index contributed by atoms with van der Waals surface area (Å²) in [7, 11) is 2.14. The number of piperidine rings is 1. The number of hydrogen-bond acceptors (Lipinski definition) is 3. The number of rotatable bonds is 3. The van der Waals surface area contributed by atoms with Crippen molar-refractivity contribution < 1.29 is 4.79 Å². The predicted octanol–water partition coefficient (Wildman–Crippen LogP) is 0.929. The van der Waals surface area contributed by atoms with Gasteiger partial charge in [0.05, 0.1) is 0 Å². The second kappa shape index (κ2) is 6.53. The number of amides is 1. The molecule has 0 aromatic carbocycles. The van der Waals surface area contributed by atoms with Gasteiger partial charge in [-0.2, -0.15) is 0 Å². The molecule has 4 heteroatoms. The third-order valence-electron chi connectivity index (χ3n) is 4.48. The largest absolute Gasteiger partial charge is 0.340 e. The Morgan fingerprint density at radius 3 is 2.89 bits per heavy atom. The van der Waals surface area contributed by atoms with E-state index in [1.165, 1.54) is 12.8 Å². The van der Waals surface area contributed by atoms with Crippen molar-refractivity contribution in [2.24, 2.45) is 5.92 Å². The first-order valence-electron chi connectivity index (χ1n) is 7.35. The van der Waals surface area contributed by atoms with Crippen molar-refractivity contribution in [3.63, 3.8) is 0 Å². The van der Waals surface area contributed by atoms with E-state index in [-0.39, 0.29) is 0 Å². The molecule has 2 saturated heterocycles. The molecule has 0 bridgehead atoms. The van der Waals surface area contributed by atoms with Crippen LogP contribution in [0.1, 0.15) is 32.6 Å². The van der Waals surface area contributed by atoms with E-state index in [2.05, 4.69) is 29.1 Å². The highest BCUT2D eigenvalue weighted by atomic mass is 16.2. The summed E-state index contributed by atoms with van der Waals surface area (Å²) in [6, 6.07) is 0.499. The number of hydrogen-bond donors (Lipinski definition) is 1. The molecule has 0 spiro atoms. The number of piperazine rings is 1. The Morgan fingerprint density at radius 1 is 1.39 bits per heavy atom. The molecule has 1 N–H and O–H groups in total. The molecule has 0 aliphatic carbocycles. The molecule has 4 nitrogen and oxygen atoms in total. The fourth-order valence-corrected chi connectivity index (χ4v) is 2.93. The summed E-state index contributed by atoms with van der Waals surface area (Å²) < 4.78 is 0. The van der Waals surface area contributed by atoms with Gasteiger partial charge in [0.25, 0.3) is 0 Å². The van der Waals surface area contributed by atoms with Gasteiger partial charge in [0, 0.05) is 32.1 Å². The molecule has 2 rings (SSSR count). The monoisotopic (exact) mass is 253 g/mol. The van der Waals surface area contributed by atoms with Crippen LogP contribution < -0.4 is 5.32 Å². The summed E-state index contributed by atoms with van der Waals surface area (Å²) in [5.41, 5.74) is 0. The van der Waals surface area contributed by atoms with E-state index in [9.17, 15) is 4.79 Å². The Bertz CT molecular complexity index is 276. The molecule has 0 radical (unpaired) electrons. The first kappa shape index (κ1) is 13.8. The van der Waals surface area contributed by atoms with E-state index in [0.29, 0.717) is 17.9 Å². The van der Waals surface area contributed by atoms with Gasteiger partial charge >= 0.3 is 0 Å². The fourth-order valence-electron chi connectivity index (χ4n) is 2.93. The Labute approximate surface area is 111 Å². The van der Waals surface area contributed by atoms with Crippen LogP contribution in [0, 0.1) is 5.92 Å². The summed E-state index contributed by atoms with van der Waals surface area (Å²) in [4.78, 5) is 16.6. The van der Waals surface area contributed by atoms with E-state index in [1.807, 2.05) is 0 Å². The minimum absolute atomic E-state index is 0.362. The zero-order valence-electron chi connectivity index (χ0n) is 11.8. The summed E-state index contributed by atoms with van der Waals surface area (Å²) in [5.74, 6) is 1.08. The van der Waals surface area contributed by atoms with Gasteiger partial charge in [0.2, 0.25) is 5.91 Å². The van der Waals surface area contributed by atoms with E-state index >= 15 is 0 Å². The van der Waals surface area contributed by atoms with Gasteiger partial charge < -0.3 is 15.1 Å². The van der Waals surface area contributed by atoms with Crippen LogP contribution in [0.4, 0.5) is 0 Å². The van der Waals surface area contributed by atoms with Gasteiger partial charge in [0.1, 0.15) is 0 Å². The average Bonchev–Trinajstić information content (AvgIpc) is 2.40. The van der Waals surface area contributed by atoms with Gasteiger partial charge in [0.15, 0.2) is 0 Å². The van der Waals surface area contributed by atoms with Gasteiger partial charge in [-0.25, -0.2) is 0 Å². The molecule has 0 saturated carbocycles. The number of carbonyl (C=O) groups is 1. The molecule has 2 aliphatic heterocycles. The molecular formula is C14H27N3O. The van der Waals surface area contributed by atoms with Crippen molar-refractivity contribution in [1.82, 2.24) is 15.1 Å². The highest BCUT2D eigenvalue weighted by molar-refractivity contribution is 5.76. The number of carbonyl (C=O) groups excluding carboxylic acids is 1. The van der Waals surface area contributed by atoms with Gasteiger partial charge in [-0.15, -0.1) is 0 Å². The van der Waals surface area contributed by atoms with Crippen LogP contribution >= 0.6 is 0 Å². The summed E-state index contributed by atoms with van der Waals surface area (Å²) >= 11 is 0. The lowest BCUT2D eigenvalue weighted by Crippen LogP contribution is -2.52. The van der Waals surface area contributed by atoms with E-state index in [0.717, 1.165) is 45.6 Å². The minimum atomic E-state index is 0.362. The van der Waals surface area contributed by atoms with Crippen molar-refractivity contribution >= 4 is 5.91 Å². The summed E-state index contributed by atoms with van der Waals surface area (Å²) in [6.45, 7) is 7.27. The lowest BCUT2D eigenvalue weighted by molar-refractivity contribution is -0.134. The maximum Gasteiger partial charge on any atom is 0.222 e. The Kier molecular flexibility index (Phi) is 5.01.